The summed E-state index contributed by atoms with van der Waals surface area (Å²) in [5, 5.41) is 14.1. The molecule has 5 heteroatoms. The molecule has 1 amide bonds. The van der Waals surface area contributed by atoms with Crippen LogP contribution in [0.2, 0.25) is 0 Å². The van der Waals surface area contributed by atoms with Crippen molar-refractivity contribution in [3.8, 4) is 0 Å². The molecule has 118 valence electrons. The number of para-hydroxylation sites is 1. The van der Waals surface area contributed by atoms with Gasteiger partial charge in [0.15, 0.2) is 0 Å². The average Bonchev–Trinajstić information content (AvgIpc) is 3.20. The number of amides is 1. The lowest BCUT2D eigenvalue weighted by Gasteiger charge is -2.20. The van der Waals surface area contributed by atoms with Crippen molar-refractivity contribution in [1.82, 2.24) is 5.32 Å². The number of carbonyl (C=O) groups excluding carboxylic acids is 1. The fourth-order valence-corrected chi connectivity index (χ4v) is 2.20. The molecule has 2 aromatic heterocycles. The third-order valence-electron chi connectivity index (χ3n) is 3.51. The molecule has 0 fully saturated rings. The minimum atomic E-state index is -1.30. The second kappa shape index (κ2) is 6.14. The molecule has 0 radical (unpaired) electrons. The van der Waals surface area contributed by atoms with Crippen LogP contribution in [0, 0.1) is 0 Å². The van der Waals surface area contributed by atoms with Crippen LogP contribution in [0.15, 0.2) is 63.6 Å². The van der Waals surface area contributed by atoms with Crippen molar-refractivity contribution in [2.24, 2.45) is 0 Å². The van der Waals surface area contributed by atoms with Gasteiger partial charge in [-0.05, 0) is 37.3 Å². The van der Waals surface area contributed by atoms with E-state index in [4.69, 9.17) is 8.83 Å². The van der Waals surface area contributed by atoms with Gasteiger partial charge in [-0.2, -0.15) is 0 Å². The van der Waals surface area contributed by atoms with E-state index in [1.807, 2.05) is 24.3 Å². The van der Waals surface area contributed by atoms with Gasteiger partial charge in [0.2, 0.25) is 5.91 Å². The van der Waals surface area contributed by atoms with E-state index in [2.05, 4.69) is 5.32 Å². The van der Waals surface area contributed by atoms with Crippen molar-refractivity contribution in [3.63, 3.8) is 0 Å². The van der Waals surface area contributed by atoms with E-state index < -0.39 is 5.60 Å². The Kier molecular flexibility index (Phi) is 4.04. The summed E-state index contributed by atoms with van der Waals surface area (Å²) >= 11 is 0. The smallest absolute Gasteiger partial charge is 0.244 e. The molecule has 0 saturated carbocycles. The lowest BCUT2D eigenvalue weighted by atomic mass is 10.0. The highest BCUT2D eigenvalue weighted by Crippen LogP contribution is 2.27. The zero-order chi connectivity index (χ0) is 16.3. The van der Waals surface area contributed by atoms with Crippen LogP contribution in [-0.2, 0) is 10.4 Å². The van der Waals surface area contributed by atoms with Gasteiger partial charge in [0, 0.05) is 11.5 Å². The summed E-state index contributed by atoms with van der Waals surface area (Å²) in [4.78, 5) is 11.8. The predicted molar refractivity (Wildman–Crippen MR) is 86.5 cm³/mol. The first-order valence-corrected chi connectivity index (χ1v) is 7.25. The normalized spacial score (nSPS) is 14.2. The van der Waals surface area contributed by atoms with Crippen molar-refractivity contribution < 1.29 is 18.7 Å². The minimum absolute atomic E-state index is 0.0359. The monoisotopic (exact) mass is 311 g/mol. The molecule has 0 bridgehead atoms. The number of carbonyl (C=O) groups is 1. The number of hydrogen-bond acceptors (Lipinski definition) is 4. The first kappa shape index (κ1) is 15.1. The minimum Gasteiger partial charge on any atom is -0.465 e. The third-order valence-corrected chi connectivity index (χ3v) is 3.51. The molecule has 5 nitrogen and oxygen atoms in total. The fourth-order valence-electron chi connectivity index (χ4n) is 2.20. The molecular formula is C18H17NO4. The Labute approximate surface area is 133 Å². The van der Waals surface area contributed by atoms with E-state index >= 15 is 0 Å². The van der Waals surface area contributed by atoms with E-state index in [1.165, 1.54) is 12.3 Å². The summed E-state index contributed by atoms with van der Waals surface area (Å²) < 4.78 is 10.8. The summed E-state index contributed by atoms with van der Waals surface area (Å²) in [6, 6.07) is 12.8. The number of hydrogen-bond donors (Lipinski definition) is 2. The average molecular weight is 311 g/mol. The van der Waals surface area contributed by atoms with Crippen LogP contribution >= 0.6 is 0 Å². The highest BCUT2D eigenvalue weighted by atomic mass is 16.4. The summed E-state index contributed by atoms with van der Waals surface area (Å²) in [6.45, 7) is 1.63. The van der Waals surface area contributed by atoms with Gasteiger partial charge in [-0.25, -0.2) is 0 Å². The second-order valence-electron chi connectivity index (χ2n) is 5.49. The molecule has 0 aliphatic carbocycles. The highest BCUT2D eigenvalue weighted by Gasteiger charge is 2.27. The van der Waals surface area contributed by atoms with E-state index in [0.29, 0.717) is 17.1 Å². The number of aliphatic hydroxyl groups is 1. The van der Waals surface area contributed by atoms with Crippen molar-refractivity contribution in [2.75, 3.05) is 6.54 Å². The molecule has 3 rings (SSSR count). The first-order valence-electron chi connectivity index (χ1n) is 7.25. The molecule has 23 heavy (non-hydrogen) atoms. The summed E-state index contributed by atoms with van der Waals surface area (Å²) in [6.07, 6.45) is 4.45. The molecule has 3 aromatic rings. The van der Waals surface area contributed by atoms with E-state index in [9.17, 15) is 9.90 Å². The van der Waals surface area contributed by atoms with Crippen LogP contribution in [0.5, 0.6) is 0 Å². The molecule has 0 unspecified atom stereocenters. The SMILES string of the molecule is C[C@](O)(CNC(=O)/C=C/c1ccco1)c1cc2ccccc2o1. The van der Waals surface area contributed by atoms with Crippen LogP contribution < -0.4 is 5.32 Å². The maximum Gasteiger partial charge on any atom is 0.244 e. The van der Waals surface area contributed by atoms with Crippen LogP contribution in [0.3, 0.4) is 0 Å². The zero-order valence-electron chi connectivity index (χ0n) is 12.7. The Hall–Kier alpha value is -2.79. The standard InChI is InChI=1S/C18H17NO4/c1-18(21,16-11-13-5-2-3-7-15(13)23-16)12-19-17(20)9-8-14-6-4-10-22-14/h2-11,21H,12H2,1H3,(H,19,20)/b9-8+/t18-/m0/s1. The maximum absolute atomic E-state index is 11.8. The summed E-state index contributed by atoms with van der Waals surface area (Å²) in [7, 11) is 0. The number of nitrogens with one attached hydrogen (secondary N) is 1. The van der Waals surface area contributed by atoms with Crippen LogP contribution in [0.1, 0.15) is 18.4 Å². The zero-order valence-corrected chi connectivity index (χ0v) is 12.7. The quantitative estimate of drug-likeness (QED) is 0.710. The van der Waals surface area contributed by atoms with Gasteiger partial charge >= 0.3 is 0 Å². The summed E-state index contributed by atoms with van der Waals surface area (Å²) in [5.41, 5.74) is -0.598. The van der Waals surface area contributed by atoms with Gasteiger partial charge in [0.05, 0.1) is 12.8 Å². The van der Waals surface area contributed by atoms with E-state index in [0.717, 1.165) is 5.39 Å². The molecule has 2 N–H and O–H groups in total. The number of benzene rings is 1. The molecule has 2 heterocycles. The molecule has 0 aliphatic heterocycles. The number of rotatable bonds is 5. The van der Waals surface area contributed by atoms with E-state index in [1.54, 1.807) is 31.2 Å². The molecular weight excluding hydrogens is 294 g/mol. The Balaban J connectivity index is 1.65. The van der Waals surface area contributed by atoms with Gasteiger partial charge in [0.1, 0.15) is 22.7 Å². The summed E-state index contributed by atoms with van der Waals surface area (Å²) in [5.74, 6) is 0.677. The number of fused-ring (bicyclic) bond motifs is 1. The molecule has 0 saturated heterocycles. The molecule has 1 atom stereocenters. The van der Waals surface area contributed by atoms with E-state index in [-0.39, 0.29) is 12.5 Å². The Morgan fingerprint density at radius 3 is 2.87 bits per heavy atom. The van der Waals surface area contributed by atoms with Gasteiger partial charge in [-0.3, -0.25) is 4.79 Å². The van der Waals surface area contributed by atoms with Crippen molar-refractivity contribution in [3.05, 3.63) is 66.3 Å². The largest absolute Gasteiger partial charge is 0.465 e. The number of furan rings is 2. The maximum atomic E-state index is 11.8. The molecule has 0 spiro atoms. The second-order valence-corrected chi connectivity index (χ2v) is 5.49. The highest BCUT2D eigenvalue weighted by molar-refractivity contribution is 5.91. The van der Waals surface area contributed by atoms with Crippen molar-refractivity contribution in [1.29, 1.82) is 0 Å². The lowest BCUT2D eigenvalue weighted by Crippen LogP contribution is -2.37. The third kappa shape index (κ3) is 3.52. The van der Waals surface area contributed by atoms with Gasteiger partial charge in [-0.1, -0.05) is 18.2 Å². The Morgan fingerprint density at radius 1 is 1.30 bits per heavy atom. The predicted octanol–water partition coefficient (Wildman–Crippen LogP) is 3.06. The van der Waals surface area contributed by atoms with Gasteiger partial charge in [-0.15, -0.1) is 0 Å². The van der Waals surface area contributed by atoms with Crippen LogP contribution in [0.4, 0.5) is 0 Å². The molecule has 1 aromatic carbocycles. The Morgan fingerprint density at radius 2 is 2.13 bits per heavy atom. The molecule has 0 aliphatic rings. The van der Waals surface area contributed by atoms with Crippen LogP contribution in [-0.4, -0.2) is 17.6 Å². The lowest BCUT2D eigenvalue weighted by molar-refractivity contribution is -0.117. The first-order chi connectivity index (χ1) is 11.0. The van der Waals surface area contributed by atoms with Crippen molar-refractivity contribution >= 4 is 23.0 Å². The van der Waals surface area contributed by atoms with Crippen molar-refractivity contribution in [2.45, 2.75) is 12.5 Å². The van der Waals surface area contributed by atoms with Gasteiger partial charge < -0.3 is 19.3 Å². The fraction of sp³-hybridized carbons (Fsp3) is 0.167. The van der Waals surface area contributed by atoms with Crippen LogP contribution in [0.25, 0.3) is 17.0 Å². The Bertz CT molecular complexity index is 795. The van der Waals surface area contributed by atoms with Gasteiger partial charge in [0.25, 0.3) is 0 Å². The topological polar surface area (TPSA) is 75.6 Å².